The Morgan fingerprint density at radius 3 is 2.65 bits per heavy atom. The number of thiophene rings is 1. The van der Waals surface area contributed by atoms with Crippen molar-refractivity contribution in [1.82, 2.24) is 0 Å². The van der Waals surface area contributed by atoms with Gasteiger partial charge in [-0.2, -0.15) is 0 Å². The van der Waals surface area contributed by atoms with E-state index in [1.807, 2.05) is 20.8 Å². The molecule has 1 heterocycles. The second-order valence-corrected chi connectivity index (χ2v) is 6.16. The van der Waals surface area contributed by atoms with Gasteiger partial charge in [0.25, 0.3) is 0 Å². The van der Waals surface area contributed by atoms with E-state index in [1.165, 1.54) is 15.8 Å². The predicted molar refractivity (Wildman–Crippen MR) is 79.2 cm³/mol. The van der Waals surface area contributed by atoms with Crippen molar-refractivity contribution in [3.63, 3.8) is 0 Å². The normalized spacial score (nSPS) is 12.2. The van der Waals surface area contributed by atoms with Crippen LogP contribution in [0.2, 0.25) is 0 Å². The van der Waals surface area contributed by atoms with Gasteiger partial charge in [-0.15, -0.1) is 11.3 Å². The van der Waals surface area contributed by atoms with Gasteiger partial charge in [-0.3, -0.25) is 0 Å². The number of rotatable bonds is 4. The topological polar surface area (TPSA) is 49.3 Å². The van der Waals surface area contributed by atoms with Crippen LogP contribution in [0.4, 0.5) is 10.1 Å². The van der Waals surface area contributed by atoms with Crippen molar-refractivity contribution in [2.75, 3.05) is 5.32 Å². The summed E-state index contributed by atoms with van der Waals surface area (Å²) in [5.41, 5.74) is 1.09. The van der Waals surface area contributed by atoms with Crippen molar-refractivity contribution in [1.29, 1.82) is 0 Å². The van der Waals surface area contributed by atoms with Gasteiger partial charge >= 0.3 is 5.97 Å². The van der Waals surface area contributed by atoms with Gasteiger partial charge in [0.15, 0.2) is 0 Å². The van der Waals surface area contributed by atoms with Gasteiger partial charge in [0.1, 0.15) is 11.4 Å². The molecule has 3 nitrogen and oxygen atoms in total. The van der Waals surface area contributed by atoms with Gasteiger partial charge in [-0.05, 0) is 44.5 Å². The van der Waals surface area contributed by atoms with E-state index in [2.05, 4.69) is 11.4 Å². The molecule has 0 saturated carbocycles. The SMILES string of the molecule is Cc1cc(C(C)Nc2cccc(F)c2C(=O)O)c(C)s1. The summed E-state index contributed by atoms with van der Waals surface area (Å²) >= 11 is 1.69. The molecule has 0 radical (unpaired) electrons. The molecule has 2 rings (SSSR count). The third kappa shape index (κ3) is 2.82. The van der Waals surface area contributed by atoms with E-state index in [0.717, 1.165) is 11.6 Å². The zero-order valence-electron chi connectivity index (χ0n) is 11.5. The largest absolute Gasteiger partial charge is 0.478 e. The first-order valence-electron chi connectivity index (χ1n) is 6.25. The molecule has 5 heteroatoms. The van der Waals surface area contributed by atoms with Crippen LogP contribution in [0, 0.1) is 19.7 Å². The molecule has 2 N–H and O–H groups in total. The molecule has 2 aromatic rings. The Balaban J connectivity index is 2.33. The monoisotopic (exact) mass is 293 g/mol. The number of carbonyl (C=O) groups is 1. The molecule has 0 amide bonds. The van der Waals surface area contributed by atoms with Crippen LogP contribution in [0.1, 0.15) is 38.6 Å². The summed E-state index contributed by atoms with van der Waals surface area (Å²) < 4.78 is 13.6. The Labute approximate surface area is 121 Å². The molecule has 0 aliphatic rings. The quantitative estimate of drug-likeness (QED) is 0.879. The lowest BCUT2D eigenvalue weighted by molar-refractivity contribution is 0.0693. The summed E-state index contributed by atoms with van der Waals surface area (Å²) in [7, 11) is 0. The molecule has 1 aromatic carbocycles. The number of nitrogens with one attached hydrogen (secondary N) is 1. The number of aryl methyl sites for hydroxylation is 2. The summed E-state index contributed by atoms with van der Waals surface area (Å²) in [5.74, 6) is -2.00. The molecule has 20 heavy (non-hydrogen) atoms. The van der Waals surface area contributed by atoms with Crippen LogP contribution in [-0.4, -0.2) is 11.1 Å². The zero-order chi connectivity index (χ0) is 14.9. The highest BCUT2D eigenvalue weighted by Gasteiger charge is 2.18. The Hall–Kier alpha value is -1.88. The first kappa shape index (κ1) is 14.5. The second-order valence-electron chi connectivity index (χ2n) is 4.70. The molecule has 1 unspecified atom stereocenters. The van der Waals surface area contributed by atoms with E-state index in [9.17, 15) is 9.18 Å². The van der Waals surface area contributed by atoms with E-state index < -0.39 is 11.8 Å². The first-order valence-corrected chi connectivity index (χ1v) is 7.07. The van der Waals surface area contributed by atoms with E-state index >= 15 is 0 Å². The predicted octanol–water partition coefficient (Wildman–Crippen LogP) is 4.38. The summed E-state index contributed by atoms with van der Waals surface area (Å²) in [6, 6.07) is 6.22. The van der Waals surface area contributed by atoms with E-state index in [1.54, 1.807) is 17.4 Å². The van der Waals surface area contributed by atoms with Gasteiger partial charge in [0, 0.05) is 15.8 Å². The fourth-order valence-corrected chi connectivity index (χ4v) is 3.28. The van der Waals surface area contributed by atoms with Crippen LogP contribution in [0.25, 0.3) is 0 Å². The Bertz CT molecular complexity index is 651. The van der Waals surface area contributed by atoms with Crippen LogP contribution in [0.15, 0.2) is 24.3 Å². The minimum Gasteiger partial charge on any atom is -0.478 e. The van der Waals surface area contributed by atoms with Gasteiger partial charge in [0.2, 0.25) is 0 Å². The van der Waals surface area contributed by atoms with Crippen molar-refractivity contribution >= 4 is 23.0 Å². The number of anilines is 1. The van der Waals surface area contributed by atoms with E-state index in [-0.39, 0.29) is 11.6 Å². The van der Waals surface area contributed by atoms with Crippen LogP contribution < -0.4 is 5.32 Å². The summed E-state index contributed by atoms with van der Waals surface area (Å²) in [5, 5.41) is 12.2. The van der Waals surface area contributed by atoms with Crippen molar-refractivity contribution in [3.8, 4) is 0 Å². The first-order chi connectivity index (χ1) is 9.40. The fraction of sp³-hybridized carbons (Fsp3) is 0.267. The van der Waals surface area contributed by atoms with Crippen molar-refractivity contribution < 1.29 is 14.3 Å². The number of halogens is 1. The average Bonchev–Trinajstić information content (AvgIpc) is 2.68. The lowest BCUT2D eigenvalue weighted by atomic mass is 10.1. The second kappa shape index (κ2) is 5.63. The number of benzene rings is 1. The molecule has 0 aliphatic heterocycles. The lowest BCUT2D eigenvalue weighted by Crippen LogP contribution is -2.12. The van der Waals surface area contributed by atoms with Gasteiger partial charge in [0.05, 0.1) is 5.69 Å². The van der Waals surface area contributed by atoms with E-state index in [0.29, 0.717) is 5.69 Å². The highest BCUT2D eigenvalue weighted by atomic mass is 32.1. The molecule has 0 fully saturated rings. The Morgan fingerprint density at radius 1 is 1.40 bits per heavy atom. The number of hydrogen-bond donors (Lipinski definition) is 2. The van der Waals surface area contributed by atoms with Crippen molar-refractivity contribution in [2.24, 2.45) is 0 Å². The number of hydrogen-bond acceptors (Lipinski definition) is 3. The molecule has 0 spiro atoms. The van der Waals surface area contributed by atoms with Crippen molar-refractivity contribution in [2.45, 2.75) is 26.8 Å². The molecular formula is C15H16FNO2S. The Kier molecular flexibility index (Phi) is 4.09. The summed E-state index contributed by atoms with van der Waals surface area (Å²) in [6.07, 6.45) is 0. The molecule has 106 valence electrons. The third-order valence-corrected chi connectivity index (χ3v) is 4.13. The van der Waals surface area contributed by atoms with Gasteiger partial charge < -0.3 is 10.4 Å². The Morgan fingerprint density at radius 2 is 2.10 bits per heavy atom. The summed E-state index contributed by atoms with van der Waals surface area (Å²) in [6.45, 7) is 5.98. The number of carboxylic acids is 1. The standard InChI is InChI=1S/C15H16FNO2S/c1-8-7-11(10(3)20-8)9(2)17-13-6-4-5-12(16)14(13)15(18)19/h4-7,9,17H,1-3H3,(H,18,19). The maximum Gasteiger partial charge on any atom is 0.340 e. The highest BCUT2D eigenvalue weighted by molar-refractivity contribution is 7.12. The fourth-order valence-electron chi connectivity index (χ4n) is 2.25. The van der Waals surface area contributed by atoms with Crippen molar-refractivity contribution in [3.05, 3.63) is 51.0 Å². The zero-order valence-corrected chi connectivity index (χ0v) is 12.3. The van der Waals surface area contributed by atoms with Gasteiger partial charge in [-0.1, -0.05) is 6.07 Å². The smallest absolute Gasteiger partial charge is 0.340 e. The average molecular weight is 293 g/mol. The minimum absolute atomic E-state index is 0.0835. The van der Waals surface area contributed by atoms with Crippen LogP contribution in [0.5, 0.6) is 0 Å². The van der Waals surface area contributed by atoms with Gasteiger partial charge in [-0.25, -0.2) is 9.18 Å². The third-order valence-electron chi connectivity index (χ3n) is 3.15. The van der Waals surface area contributed by atoms with Crippen LogP contribution in [-0.2, 0) is 0 Å². The molecule has 0 bridgehead atoms. The maximum absolute atomic E-state index is 13.6. The molecule has 0 aliphatic carbocycles. The lowest BCUT2D eigenvalue weighted by Gasteiger charge is -2.17. The molecule has 1 aromatic heterocycles. The van der Waals surface area contributed by atoms with Crippen LogP contribution in [0.3, 0.4) is 0 Å². The van der Waals surface area contributed by atoms with E-state index in [4.69, 9.17) is 5.11 Å². The molecule has 1 atom stereocenters. The maximum atomic E-state index is 13.6. The number of aromatic carboxylic acids is 1. The number of carboxylic acid groups (broad SMARTS) is 1. The molecular weight excluding hydrogens is 277 g/mol. The summed E-state index contributed by atoms with van der Waals surface area (Å²) in [4.78, 5) is 13.5. The highest BCUT2D eigenvalue weighted by Crippen LogP contribution is 2.30. The minimum atomic E-state index is -1.27. The van der Waals surface area contributed by atoms with Crippen LogP contribution >= 0.6 is 11.3 Å². The molecule has 0 saturated heterocycles.